The van der Waals surface area contributed by atoms with Gasteiger partial charge in [0.25, 0.3) is 0 Å². The summed E-state index contributed by atoms with van der Waals surface area (Å²) in [5, 5.41) is 3.56. The van der Waals surface area contributed by atoms with E-state index in [1.807, 2.05) is 19.1 Å². The largest absolute Gasteiger partial charge is 0.478 e. The van der Waals surface area contributed by atoms with Gasteiger partial charge in [0.1, 0.15) is 0 Å². The fraction of sp³-hybridized carbons (Fsp3) is 0.615. The van der Waals surface area contributed by atoms with Crippen LogP contribution >= 0.6 is 0 Å². The molecule has 0 saturated heterocycles. The third-order valence-corrected chi connectivity index (χ3v) is 3.00. The number of hydrogen-bond acceptors (Lipinski definition) is 3. The first-order chi connectivity index (χ1) is 7.88. The van der Waals surface area contributed by atoms with Gasteiger partial charge in [-0.05, 0) is 25.8 Å². The van der Waals surface area contributed by atoms with E-state index in [4.69, 9.17) is 4.74 Å². The highest BCUT2D eigenvalue weighted by atomic mass is 16.5. The Morgan fingerprint density at radius 2 is 2.19 bits per heavy atom. The topological polar surface area (TPSA) is 34.1 Å². The van der Waals surface area contributed by atoms with Crippen molar-refractivity contribution in [2.24, 2.45) is 0 Å². The number of ether oxygens (including phenoxy) is 1. The summed E-state index contributed by atoms with van der Waals surface area (Å²) in [6, 6.07) is 4.63. The molecule has 16 heavy (non-hydrogen) atoms. The second-order valence-electron chi connectivity index (χ2n) is 4.30. The van der Waals surface area contributed by atoms with Crippen LogP contribution < -0.4 is 10.1 Å². The van der Waals surface area contributed by atoms with E-state index in [-0.39, 0.29) is 0 Å². The van der Waals surface area contributed by atoms with Crippen molar-refractivity contribution >= 4 is 5.69 Å². The van der Waals surface area contributed by atoms with Crippen LogP contribution in [-0.4, -0.2) is 17.6 Å². The van der Waals surface area contributed by atoms with Crippen molar-refractivity contribution in [1.82, 2.24) is 4.98 Å². The highest BCUT2D eigenvalue weighted by Crippen LogP contribution is 2.22. The van der Waals surface area contributed by atoms with Crippen LogP contribution in [0.5, 0.6) is 5.88 Å². The Morgan fingerprint density at radius 3 is 2.94 bits per heavy atom. The second kappa shape index (κ2) is 5.73. The third kappa shape index (κ3) is 3.12. The lowest BCUT2D eigenvalue weighted by molar-refractivity contribution is 0.327. The molecule has 1 aliphatic rings. The molecule has 88 valence electrons. The molecule has 0 unspecified atom stereocenters. The van der Waals surface area contributed by atoms with E-state index in [0.717, 1.165) is 5.69 Å². The first-order valence-electron chi connectivity index (χ1n) is 6.24. The molecule has 0 aromatic carbocycles. The third-order valence-electron chi connectivity index (χ3n) is 3.00. The molecule has 0 spiro atoms. The van der Waals surface area contributed by atoms with E-state index in [1.54, 1.807) is 6.20 Å². The summed E-state index contributed by atoms with van der Waals surface area (Å²) in [6.45, 7) is 2.64. The number of anilines is 1. The average molecular weight is 220 g/mol. The van der Waals surface area contributed by atoms with E-state index in [0.29, 0.717) is 18.5 Å². The van der Waals surface area contributed by atoms with E-state index in [9.17, 15) is 0 Å². The zero-order valence-electron chi connectivity index (χ0n) is 9.91. The zero-order valence-corrected chi connectivity index (χ0v) is 9.91. The lowest BCUT2D eigenvalue weighted by Gasteiger charge is -2.23. The molecular weight excluding hydrogens is 200 g/mol. The molecule has 0 atom stereocenters. The van der Waals surface area contributed by atoms with Gasteiger partial charge in [0.2, 0.25) is 5.88 Å². The number of nitrogens with one attached hydrogen (secondary N) is 1. The van der Waals surface area contributed by atoms with Gasteiger partial charge >= 0.3 is 0 Å². The molecule has 1 fully saturated rings. The predicted octanol–water partition coefficient (Wildman–Crippen LogP) is 3.22. The van der Waals surface area contributed by atoms with Crippen LogP contribution in [0.15, 0.2) is 18.3 Å². The number of hydrogen-bond donors (Lipinski definition) is 1. The van der Waals surface area contributed by atoms with Crippen LogP contribution in [0.2, 0.25) is 0 Å². The van der Waals surface area contributed by atoms with Gasteiger partial charge in [-0.15, -0.1) is 0 Å². The van der Waals surface area contributed by atoms with Gasteiger partial charge in [0.05, 0.1) is 6.61 Å². The maximum atomic E-state index is 5.38. The SMILES string of the molecule is CCOc1cc(NC2CCCCC2)ccn1. The molecule has 1 aliphatic carbocycles. The Morgan fingerprint density at radius 1 is 1.38 bits per heavy atom. The lowest BCUT2D eigenvalue weighted by Crippen LogP contribution is -2.22. The summed E-state index contributed by atoms with van der Waals surface area (Å²) in [7, 11) is 0. The summed E-state index contributed by atoms with van der Waals surface area (Å²) in [6.07, 6.45) is 8.45. The molecule has 2 rings (SSSR count). The summed E-state index contributed by atoms with van der Waals surface area (Å²) >= 11 is 0. The minimum Gasteiger partial charge on any atom is -0.478 e. The molecular formula is C13H20N2O. The van der Waals surface area contributed by atoms with Crippen molar-refractivity contribution in [3.63, 3.8) is 0 Å². The van der Waals surface area contributed by atoms with Crippen molar-refractivity contribution in [3.05, 3.63) is 18.3 Å². The van der Waals surface area contributed by atoms with Crippen LogP contribution in [-0.2, 0) is 0 Å². The van der Waals surface area contributed by atoms with Crippen LogP contribution in [0, 0.1) is 0 Å². The molecule has 0 aliphatic heterocycles. The highest BCUT2D eigenvalue weighted by molar-refractivity contribution is 5.45. The molecule has 1 saturated carbocycles. The van der Waals surface area contributed by atoms with Crippen molar-refractivity contribution < 1.29 is 4.74 Å². The molecule has 3 nitrogen and oxygen atoms in total. The number of nitrogens with zero attached hydrogens (tertiary/aromatic N) is 1. The predicted molar refractivity (Wildman–Crippen MR) is 65.9 cm³/mol. The Bertz CT molecular complexity index is 321. The van der Waals surface area contributed by atoms with Crippen LogP contribution in [0.3, 0.4) is 0 Å². The molecule has 0 amide bonds. The fourth-order valence-electron chi connectivity index (χ4n) is 2.21. The zero-order chi connectivity index (χ0) is 11.2. The summed E-state index contributed by atoms with van der Waals surface area (Å²) in [4.78, 5) is 4.16. The maximum absolute atomic E-state index is 5.38. The van der Waals surface area contributed by atoms with Crippen molar-refractivity contribution in [3.8, 4) is 5.88 Å². The highest BCUT2D eigenvalue weighted by Gasteiger charge is 2.12. The van der Waals surface area contributed by atoms with Gasteiger partial charge in [-0.2, -0.15) is 0 Å². The minimum atomic E-state index is 0.630. The number of rotatable bonds is 4. The van der Waals surface area contributed by atoms with E-state index in [2.05, 4.69) is 10.3 Å². The normalized spacial score (nSPS) is 17.1. The van der Waals surface area contributed by atoms with Crippen molar-refractivity contribution in [2.45, 2.75) is 45.1 Å². The molecule has 3 heteroatoms. The average Bonchev–Trinajstić information content (AvgIpc) is 2.31. The molecule has 1 aromatic rings. The van der Waals surface area contributed by atoms with E-state index < -0.39 is 0 Å². The molecule has 1 heterocycles. The van der Waals surface area contributed by atoms with E-state index in [1.165, 1.54) is 32.1 Å². The van der Waals surface area contributed by atoms with Gasteiger partial charge in [-0.3, -0.25) is 0 Å². The molecule has 1 N–H and O–H groups in total. The lowest BCUT2D eigenvalue weighted by atomic mass is 9.95. The summed E-state index contributed by atoms with van der Waals surface area (Å²) < 4.78 is 5.38. The standard InChI is InChI=1S/C13H20N2O/c1-2-16-13-10-12(8-9-14-13)15-11-6-4-3-5-7-11/h8-11H,2-7H2,1H3,(H,14,15). The Hall–Kier alpha value is -1.25. The summed E-state index contributed by atoms with van der Waals surface area (Å²) in [5.74, 6) is 0.711. The van der Waals surface area contributed by atoms with Crippen LogP contribution in [0.1, 0.15) is 39.0 Å². The van der Waals surface area contributed by atoms with Gasteiger partial charge in [-0.25, -0.2) is 4.98 Å². The van der Waals surface area contributed by atoms with Gasteiger partial charge in [0, 0.05) is 24.0 Å². The Labute approximate surface area is 97.2 Å². The molecule has 1 aromatic heterocycles. The fourth-order valence-corrected chi connectivity index (χ4v) is 2.21. The van der Waals surface area contributed by atoms with Crippen molar-refractivity contribution in [2.75, 3.05) is 11.9 Å². The van der Waals surface area contributed by atoms with Crippen LogP contribution in [0.4, 0.5) is 5.69 Å². The quantitative estimate of drug-likeness (QED) is 0.846. The van der Waals surface area contributed by atoms with Gasteiger partial charge in [0.15, 0.2) is 0 Å². The van der Waals surface area contributed by atoms with Crippen LogP contribution in [0.25, 0.3) is 0 Å². The summed E-state index contributed by atoms with van der Waals surface area (Å²) in [5.41, 5.74) is 1.13. The smallest absolute Gasteiger partial charge is 0.215 e. The first-order valence-corrected chi connectivity index (χ1v) is 6.24. The first kappa shape index (κ1) is 11.2. The Balaban J connectivity index is 1.94. The Kier molecular flexibility index (Phi) is 4.03. The number of pyridine rings is 1. The van der Waals surface area contributed by atoms with Gasteiger partial charge in [-0.1, -0.05) is 19.3 Å². The molecule has 0 radical (unpaired) electrons. The molecule has 0 bridgehead atoms. The minimum absolute atomic E-state index is 0.630. The maximum Gasteiger partial charge on any atom is 0.215 e. The second-order valence-corrected chi connectivity index (χ2v) is 4.30. The number of aromatic nitrogens is 1. The van der Waals surface area contributed by atoms with Crippen molar-refractivity contribution in [1.29, 1.82) is 0 Å². The van der Waals surface area contributed by atoms with E-state index >= 15 is 0 Å². The van der Waals surface area contributed by atoms with Gasteiger partial charge < -0.3 is 10.1 Å². The monoisotopic (exact) mass is 220 g/mol.